The molecular formula is C23H27F3N2O3. The van der Waals surface area contributed by atoms with E-state index in [1.165, 1.54) is 20.8 Å². The van der Waals surface area contributed by atoms with E-state index in [2.05, 4.69) is 0 Å². The normalized spacial score (nSPS) is 23.8. The first-order chi connectivity index (χ1) is 14.1. The van der Waals surface area contributed by atoms with Gasteiger partial charge in [-0.1, -0.05) is 65.0 Å². The molecule has 0 bridgehead atoms. The van der Waals surface area contributed by atoms with E-state index in [9.17, 15) is 27.6 Å². The Morgan fingerprint density at radius 1 is 1.06 bits per heavy atom. The van der Waals surface area contributed by atoms with Crippen molar-refractivity contribution >= 4 is 17.6 Å². The Hall–Kier alpha value is -2.64. The highest BCUT2D eigenvalue weighted by atomic mass is 19.4. The molecule has 1 aromatic rings. The van der Waals surface area contributed by atoms with Crippen molar-refractivity contribution in [3.8, 4) is 0 Å². The first-order valence-corrected chi connectivity index (χ1v) is 10.1. The number of alkyl halides is 3. The summed E-state index contributed by atoms with van der Waals surface area (Å²) in [6.45, 7) is 7.80. The molecule has 1 aliphatic carbocycles. The molecule has 1 N–H and O–H groups in total. The van der Waals surface area contributed by atoms with Gasteiger partial charge in [-0.15, -0.1) is 0 Å². The third-order valence-electron chi connectivity index (χ3n) is 5.71. The van der Waals surface area contributed by atoms with Crippen LogP contribution >= 0.6 is 0 Å². The zero-order valence-electron chi connectivity index (χ0n) is 18.3. The van der Waals surface area contributed by atoms with Crippen LogP contribution in [0.4, 0.5) is 13.2 Å². The van der Waals surface area contributed by atoms with Gasteiger partial charge in [0.15, 0.2) is 5.78 Å². The van der Waals surface area contributed by atoms with Crippen LogP contribution < -0.4 is 5.32 Å². The average molecular weight is 436 g/mol. The molecule has 3 rings (SSSR count). The molecule has 1 aromatic carbocycles. The fourth-order valence-corrected chi connectivity index (χ4v) is 4.12. The van der Waals surface area contributed by atoms with E-state index in [1.54, 1.807) is 44.2 Å². The Balaban J connectivity index is 2.22. The second-order valence-electron chi connectivity index (χ2n) is 10.1. The number of carbonyl (C=O) groups excluding carboxylic acids is 3. The Morgan fingerprint density at radius 2 is 1.65 bits per heavy atom. The lowest BCUT2D eigenvalue weighted by atomic mass is 9.72. The summed E-state index contributed by atoms with van der Waals surface area (Å²) in [5, 5.41) is 1.96. The molecule has 2 aliphatic rings. The third-order valence-corrected chi connectivity index (χ3v) is 5.71. The number of carbonyl (C=O) groups is 3. The maximum absolute atomic E-state index is 14.6. The Labute approximate surface area is 179 Å². The number of benzene rings is 1. The molecule has 1 atom stereocenters. The highest BCUT2D eigenvalue weighted by Crippen LogP contribution is 2.52. The van der Waals surface area contributed by atoms with Gasteiger partial charge in [0.2, 0.25) is 11.4 Å². The summed E-state index contributed by atoms with van der Waals surface area (Å²) in [4.78, 5) is 40.2. The molecular weight excluding hydrogens is 409 g/mol. The molecule has 1 aliphatic heterocycles. The van der Waals surface area contributed by atoms with Crippen molar-refractivity contribution in [3.63, 3.8) is 0 Å². The van der Waals surface area contributed by atoms with Gasteiger partial charge >= 0.3 is 6.18 Å². The number of amides is 2. The fraction of sp³-hybridized carbons (Fsp3) is 0.522. The number of ketones is 1. The van der Waals surface area contributed by atoms with Gasteiger partial charge in [-0.05, 0) is 17.4 Å². The summed E-state index contributed by atoms with van der Waals surface area (Å²) in [5.74, 6) is -3.05. The zero-order chi connectivity index (χ0) is 23.4. The van der Waals surface area contributed by atoms with Gasteiger partial charge in [0.1, 0.15) is 0 Å². The molecule has 0 unspecified atom stereocenters. The van der Waals surface area contributed by atoms with Crippen molar-refractivity contribution in [2.45, 2.75) is 65.7 Å². The molecule has 0 aromatic heterocycles. The smallest absolute Gasteiger partial charge is 0.330 e. The van der Waals surface area contributed by atoms with Crippen LogP contribution in [-0.2, 0) is 20.9 Å². The summed E-state index contributed by atoms with van der Waals surface area (Å²) >= 11 is 0. The van der Waals surface area contributed by atoms with Crippen LogP contribution in [0.15, 0.2) is 41.6 Å². The number of rotatable bonds is 3. The van der Waals surface area contributed by atoms with Gasteiger partial charge in [0.05, 0.1) is 12.1 Å². The maximum atomic E-state index is 14.6. The van der Waals surface area contributed by atoms with Crippen molar-refractivity contribution in [2.24, 2.45) is 10.8 Å². The minimum absolute atomic E-state index is 0.0432. The molecule has 2 amide bonds. The van der Waals surface area contributed by atoms with E-state index in [4.69, 9.17) is 0 Å². The van der Waals surface area contributed by atoms with Gasteiger partial charge < -0.3 is 10.2 Å². The number of allylic oxidation sites excluding steroid dienone is 1. The standard InChI is InChI=1S/C23H27F3N2O3/c1-20(2,3)18(30)27-22(23(24,25)26)17-15(11-21(4,5)12-16(17)29)28(19(22)31)13-14-9-7-6-8-10-14/h6-10H,11-13H2,1-5H3,(H,27,30)/t22-/m0/s1. The van der Waals surface area contributed by atoms with Crippen LogP contribution in [0.2, 0.25) is 0 Å². The lowest BCUT2D eigenvalue weighted by Gasteiger charge is -2.37. The van der Waals surface area contributed by atoms with E-state index < -0.39 is 45.7 Å². The van der Waals surface area contributed by atoms with Crippen molar-refractivity contribution in [3.05, 3.63) is 47.2 Å². The fourth-order valence-electron chi connectivity index (χ4n) is 4.12. The predicted molar refractivity (Wildman–Crippen MR) is 108 cm³/mol. The first kappa shape index (κ1) is 23.0. The number of nitrogens with one attached hydrogen (secondary N) is 1. The highest BCUT2D eigenvalue weighted by Gasteiger charge is 2.71. The Morgan fingerprint density at radius 3 is 2.16 bits per heavy atom. The maximum Gasteiger partial charge on any atom is 0.425 e. The first-order valence-electron chi connectivity index (χ1n) is 10.1. The Bertz CT molecular complexity index is 959. The molecule has 8 heteroatoms. The van der Waals surface area contributed by atoms with Gasteiger partial charge in [-0.2, -0.15) is 13.2 Å². The second kappa shape index (κ2) is 7.21. The molecule has 31 heavy (non-hydrogen) atoms. The topological polar surface area (TPSA) is 66.5 Å². The van der Waals surface area contributed by atoms with E-state index in [0.717, 1.165) is 4.90 Å². The van der Waals surface area contributed by atoms with Gasteiger partial charge in [0.25, 0.3) is 5.91 Å². The minimum Gasteiger partial charge on any atom is -0.330 e. The van der Waals surface area contributed by atoms with E-state index in [-0.39, 0.29) is 25.1 Å². The minimum atomic E-state index is -5.19. The second-order valence-corrected chi connectivity index (χ2v) is 10.1. The zero-order valence-corrected chi connectivity index (χ0v) is 18.3. The largest absolute Gasteiger partial charge is 0.425 e. The number of hydrogen-bond acceptors (Lipinski definition) is 3. The SMILES string of the molecule is CC1(C)CC(=O)C2=C(C1)N(Cc1ccccc1)C(=O)[C@]2(NC(=O)C(C)(C)C)C(F)(F)F. The van der Waals surface area contributed by atoms with E-state index in [0.29, 0.717) is 5.56 Å². The third kappa shape index (κ3) is 3.88. The number of halogens is 3. The van der Waals surface area contributed by atoms with Gasteiger partial charge in [-0.25, -0.2) is 0 Å². The molecule has 1 heterocycles. The molecule has 168 valence electrons. The lowest BCUT2D eigenvalue weighted by Crippen LogP contribution is -2.67. The van der Waals surface area contributed by atoms with Crippen LogP contribution in [0.25, 0.3) is 0 Å². The number of hydrogen-bond donors (Lipinski definition) is 1. The lowest BCUT2D eigenvalue weighted by molar-refractivity contribution is -0.195. The van der Waals surface area contributed by atoms with Crippen molar-refractivity contribution in [2.75, 3.05) is 0 Å². The van der Waals surface area contributed by atoms with Crippen molar-refractivity contribution in [1.29, 1.82) is 0 Å². The molecule has 0 fully saturated rings. The van der Waals surface area contributed by atoms with Crippen LogP contribution in [0.5, 0.6) is 0 Å². The molecule has 0 saturated carbocycles. The van der Waals surface area contributed by atoms with Gasteiger partial charge in [-0.3, -0.25) is 14.4 Å². The summed E-state index contributed by atoms with van der Waals surface area (Å²) in [5.41, 5.74) is -5.16. The summed E-state index contributed by atoms with van der Waals surface area (Å²) in [7, 11) is 0. The number of nitrogens with zero attached hydrogens (tertiary/aromatic N) is 1. The van der Waals surface area contributed by atoms with Crippen LogP contribution in [0, 0.1) is 10.8 Å². The monoisotopic (exact) mass is 436 g/mol. The Kier molecular flexibility index (Phi) is 5.35. The van der Waals surface area contributed by atoms with Crippen LogP contribution in [0.3, 0.4) is 0 Å². The summed E-state index contributed by atoms with van der Waals surface area (Å²) < 4.78 is 43.8. The quantitative estimate of drug-likeness (QED) is 0.775. The summed E-state index contributed by atoms with van der Waals surface area (Å²) in [6, 6.07) is 8.60. The predicted octanol–water partition coefficient (Wildman–Crippen LogP) is 4.14. The molecule has 0 spiro atoms. The average Bonchev–Trinajstić information content (AvgIpc) is 2.84. The van der Waals surface area contributed by atoms with E-state index in [1.807, 2.05) is 5.32 Å². The van der Waals surface area contributed by atoms with Crippen molar-refractivity contribution < 1.29 is 27.6 Å². The number of Topliss-reactive ketones (excluding diaryl/α,β-unsaturated/α-hetero) is 1. The van der Waals surface area contributed by atoms with Crippen LogP contribution in [0.1, 0.15) is 53.0 Å². The van der Waals surface area contributed by atoms with Gasteiger partial charge in [0, 0.05) is 17.5 Å². The molecule has 0 radical (unpaired) electrons. The molecule has 5 nitrogen and oxygen atoms in total. The highest BCUT2D eigenvalue weighted by molar-refractivity contribution is 6.13. The van der Waals surface area contributed by atoms with Crippen LogP contribution in [-0.4, -0.2) is 34.2 Å². The van der Waals surface area contributed by atoms with Crippen molar-refractivity contribution in [1.82, 2.24) is 10.2 Å². The summed E-state index contributed by atoms with van der Waals surface area (Å²) in [6.07, 6.45) is -5.20. The molecule has 0 saturated heterocycles. The van der Waals surface area contributed by atoms with E-state index >= 15 is 0 Å².